The smallest absolute Gasteiger partial charge is 0.290 e. The molecule has 5 heteroatoms. The molecule has 0 bridgehead atoms. The summed E-state index contributed by atoms with van der Waals surface area (Å²) < 4.78 is 16.8. The summed E-state index contributed by atoms with van der Waals surface area (Å²) in [6.07, 6.45) is 1.61. The van der Waals surface area contributed by atoms with Crippen molar-refractivity contribution in [1.82, 2.24) is 4.90 Å². The van der Waals surface area contributed by atoms with Crippen molar-refractivity contribution in [2.75, 3.05) is 7.11 Å². The number of furan rings is 2. The first-order valence-electron chi connectivity index (χ1n) is 9.11. The first kappa shape index (κ1) is 18.1. The Balaban J connectivity index is 1.72. The predicted molar refractivity (Wildman–Crippen MR) is 106 cm³/mol. The molecule has 0 aliphatic rings. The summed E-state index contributed by atoms with van der Waals surface area (Å²) in [5.41, 5.74) is 2.47. The fourth-order valence-corrected chi connectivity index (χ4v) is 3.30. The summed E-state index contributed by atoms with van der Waals surface area (Å²) in [5.74, 6) is 0.836. The Bertz CT molecular complexity index is 1050. The van der Waals surface area contributed by atoms with Gasteiger partial charge in [-0.05, 0) is 23.8 Å². The van der Waals surface area contributed by atoms with Gasteiger partial charge in [-0.15, -0.1) is 0 Å². The standard InChI is InChI=1S/C23H21NO4/c1-26-16-20-19-11-5-6-12-21(19)28-22(20)23(25)24(15-18-10-7-13-27-18)14-17-8-3-2-4-9-17/h2-13H,14-16H2,1H3. The van der Waals surface area contributed by atoms with Crippen LogP contribution < -0.4 is 0 Å². The number of carbonyl (C=O) groups is 1. The fraction of sp³-hybridized carbons (Fsp3) is 0.174. The largest absolute Gasteiger partial charge is 0.467 e. The lowest BCUT2D eigenvalue weighted by atomic mass is 10.1. The van der Waals surface area contributed by atoms with Crippen LogP contribution in [0.5, 0.6) is 0 Å². The molecule has 0 aliphatic carbocycles. The molecule has 0 unspecified atom stereocenters. The average Bonchev–Trinajstić information content (AvgIpc) is 3.36. The highest BCUT2D eigenvalue weighted by molar-refractivity contribution is 5.99. The number of benzene rings is 2. The minimum atomic E-state index is -0.191. The Morgan fingerprint density at radius 3 is 2.50 bits per heavy atom. The number of rotatable bonds is 7. The lowest BCUT2D eigenvalue weighted by Crippen LogP contribution is -2.30. The van der Waals surface area contributed by atoms with E-state index in [0.717, 1.165) is 16.5 Å². The molecule has 0 atom stereocenters. The highest BCUT2D eigenvalue weighted by Crippen LogP contribution is 2.28. The molecule has 0 spiro atoms. The van der Waals surface area contributed by atoms with E-state index in [1.54, 1.807) is 18.3 Å². The van der Waals surface area contributed by atoms with Crippen molar-refractivity contribution in [3.05, 3.63) is 95.6 Å². The third-order valence-corrected chi connectivity index (χ3v) is 4.61. The van der Waals surface area contributed by atoms with E-state index in [1.165, 1.54) is 0 Å². The van der Waals surface area contributed by atoms with Gasteiger partial charge in [0, 0.05) is 24.6 Å². The molecular weight excluding hydrogens is 354 g/mol. The van der Waals surface area contributed by atoms with Crippen LogP contribution in [0.3, 0.4) is 0 Å². The normalized spacial score (nSPS) is 11.0. The quantitative estimate of drug-likeness (QED) is 0.455. The Morgan fingerprint density at radius 2 is 1.75 bits per heavy atom. The van der Waals surface area contributed by atoms with Crippen molar-refractivity contribution >= 4 is 16.9 Å². The van der Waals surface area contributed by atoms with Gasteiger partial charge in [0.1, 0.15) is 11.3 Å². The molecule has 0 saturated carbocycles. The van der Waals surface area contributed by atoms with E-state index in [4.69, 9.17) is 13.6 Å². The molecule has 2 aromatic heterocycles. The van der Waals surface area contributed by atoms with E-state index >= 15 is 0 Å². The van der Waals surface area contributed by atoms with Gasteiger partial charge in [0.25, 0.3) is 5.91 Å². The summed E-state index contributed by atoms with van der Waals surface area (Å²) in [5, 5.41) is 0.894. The second-order valence-corrected chi connectivity index (χ2v) is 6.57. The fourth-order valence-electron chi connectivity index (χ4n) is 3.30. The van der Waals surface area contributed by atoms with E-state index < -0.39 is 0 Å². The highest BCUT2D eigenvalue weighted by atomic mass is 16.5. The summed E-state index contributed by atoms with van der Waals surface area (Å²) in [4.78, 5) is 15.2. The second-order valence-electron chi connectivity index (χ2n) is 6.57. The van der Waals surface area contributed by atoms with Gasteiger partial charge >= 0.3 is 0 Å². The van der Waals surface area contributed by atoms with Gasteiger partial charge in [-0.1, -0.05) is 48.5 Å². The zero-order valence-corrected chi connectivity index (χ0v) is 15.6. The number of methoxy groups -OCH3 is 1. The molecule has 2 heterocycles. The van der Waals surface area contributed by atoms with Crippen molar-refractivity contribution in [1.29, 1.82) is 0 Å². The van der Waals surface area contributed by atoms with Crippen LogP contribution in [0, 0.1) is 0 Å². The molecule has 28 heavy (non-hydrogen) atoms. The van der Waals surface area contributed by atoms with Crippen molar-refractivity contribution in [2.45, 2.75) is 19.7 Å². The maximum absolute atomic E-state index is 13.5. The van der Waals surface area contributed by atoms with E-state index in [2.05, 4.69) is 0 Å². The number of carbonyl (C=O) groups excluding carboxylic acids is 1. The van der Waals surface area contributed by atoms with Crippen LogP contribution in [0.4, 0.5) is 0 Å². The molecule has 5 nitrogen and oxygen atoms in total. The Kier molecular flexibility index (Phi) is 5.26. The van der Waals surface area contributed by atoms with Crippen molar-refractivity contribution < 1.29 is 18.4 Å². The van der Waals surface area contributed by atoms with Crippen LogP contribution in [0.25, 0.3) is 11.0 Å². The van der Waals surface area contributed by atoms with Crippen molar-refractivity contribution in [3.63, 3.8) is 0 Å². The van der Waals surface area contributed by atoms with E-state index in [-0.39, 0.29) is 5.91 Å². The SMILES string of the molecule is COCc1c(C(=O)N(Cc2ccccc2)Cc2ccco2)oc2ccccc12. The lowest BCUT2D eigenvalue weighted by molar-refractivity contribution is 0.0681. The second kappa shape index (κ2) is 8.15. The number of hydrogen-bond acceptors (Lipinski definition) is 4. The number of para-hydroxylation sites is 1. The molecule has 142 valence electrons. The number of ether oxygens (including phenoxy) is 1. The molecule has 0 saturated heterocycles. The van der Waals surface area contributed by atoms with Gasteiger partial charge in [0.15, 0.2) is 5.76 Å². The van der Waals surface area contributed by atoms with Crippen LogP contribution in [0.1, 0.15) is 27.4 Å². The third kappa shape index (κ3) is 3.70. The van der Waals surface area contributed by atoms with Gasteiger partial charge in [-0.25, -0.2) is 0 Å². The van der Waals surface area contributed by atoms with Gasteiger partial charge in [0.05, 0.1) is 19.4 Å². The van der Waals surface area contributed by atoms with Crippen LogP contribution in [0.2, 0.25) is 0 Å². The Hall–Kier alpha value is -3.31. The molecule has 1 amide bonds. The van der Waals surface area contributed by atoms with Crippen LogP contribution in [0.15, 0.2) is 81.8 Å². The molecule has 4 aromatic rings. The third-order valence-electron chi connectivity index (χ3n) is 4.61. The molecule has 0 fully saturated rings. The maximum atomic E-state index is 13.5. The summed E-state index contributed by atoms with van der Waals surface area (Å²) in [6.45, 7) is 1.10. The lowest BCUT2D eigenvalue weighted by Gasteiger charge is -2.21. The van der Waals surface area contributed by atoms with E-state index in [1.807, 2.05) is 66.7 Å². The number of fused-ring (bicyclic) bond motifs is 1. The number of amides is 1. The van der Waals surface area contributed by atoms with E-state index in [9.17, 15) is 4.79 Å². The van der Waals surface area contributed by atoms with Crippen LogP contribution in [-0.4, -0.2) is 17.9 Å². The van der Waals surface area contributed by atoms with E-state index in [0.29, 0.717) is 36.8 Å². The molecule has 0 aliphatic heterocycles. The van der Waals surface area contributed by atoms with Gasteiger partial charge < -0.3 is 18.5 Å². The van der Waals surface area contributed by atoms with Gasteiger partial charge in [-0.3, -0.25) is 4.79 Å². The minimum Gasteiger partial charge on any atom is -0.467 e. The van der Waals surface area contributed by atoms with Crippen molar-refractivity contribution in [3.8, 4) is 0 Å². The minimum absolute atomic E-state index is 0.191. The topological polar surface area (TPSA) is 55.8 Å². The predicted octanol–water partition coefficient (Wildman–Crippen LogP) is 5.01. The molecule has 4 rings (SSSR count). The monoisotopic (exact) mass is 375 g/mol. The molecule has 0 N–H and O–H groups in total. The van der Waals surface area contributed by atoms with Crippen LogP contribution in [-0.2, 0) is 24.4 Å². The van der Waals surface area contributed by atoms with Gasteiger partial charge in [-0.2, -0.15) is 0 Å². The number of hydrogen-bond donors (Lipinski definition) is 0. The zero-order chi connectivity index (χ0) is 19.3. The summed E-state index contributed by atoms with van der Waals surface area (Å²) in [6, 6.07) is 21.2. The first-order chi connectivity index (χ1) is 13.8. The summed E-state index contributed by atoms with van der Waals surface area (Å²) in [7, 11) is 1.61. The Labute approximate surface area is 163 Å². The maximum Gasteiger partial charge on any atom is 0.290 e. The molecule has 0 radical (unpaired) electrons. The molecular formula is C23H21NO4. The van der Waals surface area contributed by atoms with Crippen molar-refractivity contribution in [2.24, 2.45) is 0 Å². The first-order valence-corrected chi connectivity index (χ1v) is 9.11. The summed E-state index contributed by atoms with van der Waals surface area (Å²) >= 11 is 0. The average molecular weight is 375 g/mol. The highest BCUT2D eigenvalue weighted by Gasteiger charge is 2.26. The molecule has 2 aromatic carbocycles. The Morgan fingerprint density at radius 1 is 0.964 bits per heavy atom. The van der Waals surface area contributed by atoms with Crippen LogP contribution >= 0.6 is 0 Å². The van der Waals surface area contributed by atoms with Gasteiger partial charge in [0.2, 0.25) is 0 Å². The zero-order valence-electron chi connectivity index (χ0n) is 15.6. The number of nitrogens with zero attached hydrogens (tertiary/aromatic N) is 1.